The van der Waals surface area contributed by atoms with Gasteiger partial charge in [-0.3, -0.25) is 4.79 Å². The Labute approximate surface area is 128 Å². The van der Waals surface area contributed by atoms with Crippen LogP contribution in [0.15, 0.2) is 35.1 Å². The monoisotopic (exact) mass is 307 g/mol. The number of rotatable bonds is 5. The van der Waals surface area contributed by atoms with Crippen molar-refractivity contribution in [1.29, 1.82) is 0 Å². The van der Waals surface area contributed by atoms with Gasteiger partial charge in [-0.1, -0.05) is 11.6 Å². The molecule has 0 saturated heterocycles. The van der Waals surface area contributed by atoms with Crippen LogP contribution in [0, 0.1) is 6.92 Å². The molecule has 0 radical (unpaired) electrons. The van der Waals surface area contributed by atoms with E-state index in [1.807, 2.05) is 38.1 Å². The largest absolute Gasteiger partial charge is 0.468 e. The summed E-state index contributed by atoms with van der Waals surface area (Å²) in [6.07, 6.45) is 0. The van der Waals surface area contributed by atoms with Gasteiger partial charge in [-0.05, 0) is 49.7 Å². The van der Waals surface area contributed by atoms with Crippen molar-refractivity contribution in [2.75, 3.05) is 13.9 Å². The molecule has 2 aromatic rings. The lowest BCUT2D eigenvalue weighted by atomic mass is 10.0. The van der Waals surface area contributed by atoms with E-state index in [0.29, 0.717) is 6.54 Å². The number of benzene rings is 1. The summed E-state index contributed by atoms with van der Waals surface area (Å²) in [6.45, 7) is 4.68. The molecular weight excluding hydrogens is 290 g/mol. The average molecular weight is 308 g/mol. The van der Waals surface area contributed by atoms with Crippen LogP contribution in [-0.4, -0.2) is 18.5 Å². The minimum atomic E-state index is -0.171. The van der Waals surface area contributed by atoms with Crippen LogP contribution in [-0.2, 0) is 11.3 Å². The highest BCUT2D eigenvalue weighted by Gasteiger charge is 2.11. The van der Waals surface area contributed by atoms with Crippen LogP contribution in [0.3, 0.4) is 0 Å². The van der Waals surface area contributed by atoms with E-state index in [0.717, 1.165) is 22.6 Å². The molecule has 0 aliphatic rings. The standard InChI is InChI=1S/C16H18ClNO3/c1-4-18-15(8-7-14(17)16(18)19)13-6-5-12(9-11(13)2)21-10-20-3/h5-9H,4,10H2,1-3H3. The fourth-order valence-electron chi connectivity index (χ4n) is 2.24. The predicted octanol–water partition coefficient (Wildman–Crippen LogP) is 3.48. The quantitative estimate of drug-likeness (QED) is 0.794. The first-order valence-corrected chi connectivity index (χ1v) is 7.08. The molecule has 0 aliphatic heterocycles. The van der Waals surface area contributed by atoms with Crippen molar-refractivity contribution in [3.8, 4) is 17.0 Å². The summed E-state index contributed by atoms with van der Waals surface area (Å²) in [4.78, 5) is 12.1. The molecule has 5 heteroatoms. The Morgan fingerprint density at radius 3 is 2.62 bits per heavy atom. The second-order valence-corrected chi connectivity index (χ2v) is 5.05. The minimum absolute atomic E-state index is 0.171. The highest BCUT2D eigenvalue weighted by molar-refractivity contribution is 6.30. The third-order valence-electron chi connectivity index (χ3n) is 3.26. The smallest absolute Gasteiger partial charge is 0.269 e. The van der Waals surface area contributed by atoms with Crippen molar-refractivity contribution in [1.82, 2.24) is 4.57 Å². The molecule has 2 rings (SSSR count). The van der Waals surface area contributed by atoms with Gasteiger partial charge in [-0.2, -0.15) is 0 Å². The number of pyridine rings is 1. The summed E-state index contributed by atoms with van der Waals surface area (Å²) in [7, 11) is 1.58. The summed E-state index contributed by atoms with van der Waals surface area (Å²) in [5.41, 5.74) is 2.68. The molecule has 1 aromatic heterocycles. The second kappa shape index (κ2) is 6.78. The van der Waals surface area contributed by atoms with E-state index in [1.54, 1.807) is 17.7 Å². The molecule has 0 saturated carbocycles. The summed E-state index contributed by atoms with van der Waals surface area (Å²) in [5, 5.41) is 0.235. The van der Waals surface area contributed by atoms with Gasteiger partial charge in [0.25, 0.3) is 5.56 Å². The summed E-state index contributed by atoms with van der Waals surface area (Å²) >= 11 is 5.91. The lowest BCUT2D eigenvalue weighted by molar-refractivity contribution is 0.0511. The Bertz CT molecular complexity index is 694. The summed E-state index contributed by atoms with van der Waals surface area (Å²) in [6, 6.07) is 9.23. The van der Waals surface area contributed by atoms with Crippen molar-refractivity contribution < 1.29 is 9.47 Å². The Balaban J connectivity index is 2.48. The first-order chi connectivity index (χ1) is 10.1. The van der Waals surface area contributed by atoms with Crippen molar-refractivity contribution in [3.05, 3.63) is 51.3 Å². The van der Waals surface area contributed by atoms with Gasteiger partial charge in [0.15, 0.2) is 6.79 Å². The number of ether oxygens (including phenoxy) is 2. The van der Waals surface area contributed by atoms with E-state index in [4.69, 9.17) is 21.1 Å². The van der Waals surface area contributed by atoms with Crippen LogP contribution >= 0.6 is 11.6 Å². The zero-order valence-electron chi connectivity index (χ0n) is 12.4. The third-order valence-corrected chi connectivity index (χ3v) is 3.55. The molecule has 0 amide bonds. The lowest BCUT2D eigenvalue weighted by Gasteiger charge is -2.14. The zero-order chi connectivity index (χ0) is 15.4. The molecule has 1 aromatic carbocycles. The molecule has 0 atom stereocenters. The minimum Gasteiger partial charge on any atom is -0.468 e. The van der Waals surface area contributed by atoms with Crippen LogP contribution in [0.25, 0.3) is 11.3 Å². The van der Waals surface area contributed by atoms with Gasteiger partial charge in [-0.25, -0.2) is 0 Å². The second-order valence-electron chi connectivity index (χ2n) is 4.64. The van der Waals surface area contributed by atoms with Crippen molar-refractivity contribution in [2.45, 2.75) is 20.4 Å². The number of hydrogen-bond donors (Lipinski definition) is 0. The Kier molecular flexibility index (Phi) is 5.04. The number of aromatic nitrogens is 1. The van der Waals surface area contributed by atoms with Crippen molar-refractivity contribution >= 4 is 11.6 Å². The van der Waals surface area contributed by atoms with Gasteiger partial charge in [0.2, 0.25) is 0 Å². The van der Waals surface area contributed by atoms with Gasteiger partial charge in [-0.15, -0.1) is 0 Å². The van der Waals surface area contributed by atoms with Gasteiger partial charge >= 0.3 is 0 Å². The molecule has 0 bridgehead atoms. The van der Waals surface area contributed by atoms with E-state index in [9.17, 15) is 4.79 Å². The van der Waals surface area contributed by atoms with Crippen LogP contribution in [0.1, 0.15) is 12.5 Å². The first kappa shape index (κ1) is 15.6. The van der Waals surface area contributed by atoms with E-state index in [1.165, 1.54) is 0 Å². The number of halogens is 1. The van der Waals surface area contributed by atoms with Crippen molar-refractivity contribution in [3.63, 3.8) is 0 Å². The molecule has 0 aliphatic carbocycles. The van der Waals surface area contributed by atoms with Crippen LogP contribution in [0.5, 0.6) is 5.75 Å². The first-order valence-electron chi connectivity index (χ1n) is 6.70. The normalized spacial score (nSPS) is 10.7. The molecule has 0 spiro atoms. The molecule has 4 nitrogen and oxygen atoms in total. The maximum atomic E-state index is 12.1. The SMILES string of the molecule is CCn1c(-c2ccc(OCOC)cc2C)ccc(Cl)c1=O. The highest BCUT2D eigenvalue weighted by Crippen LogP contribution is 2.27. The van der Waals surface area contributed by atoms with Gasteiger partial charge in [0.1, 0.15) is 10.8 Å². The maximum absolute atomic E-state index is 12.1. The molecule has 21 heavy (non-hydrogen) atoms. The number of hydrogen-bond acceptors (Lipinski definition) is 3. The van der Waals surface area contributed by atoms with Crippen molar-refractivity contribution in [2.24, 2.45) is 0 Å². The van der Waals surface area contributed by atoms with Gasteiger partial charge in [0.05, 0.1) is 5.69 Å². The number of aryl methyl sites for hydroxylation is 1. The highest BCUT2D eigenvalue weighted by atomic mass is 35.5. The molecule has 112 valence electrons. The van der Waals surface area contributed by atoms with E-state index in [-0.39, 0.29) is 17.4 Å². The fraction of sp³-hybridized carbons (Fsp3) is 0.312. The Hall–Kier alpha value is -1.78. The van der Waals surface area contributed by atoms with Crippen LogP contribution < -0.4 is 10.3 Å². The molecule has 0 unspecified atom stereocenters. The maximum Gasteiger partial charge on any atom is 0.269 e. The summed E-state index contributed by atoms with van der Waals surface area (Å²) in [5.74, 6) is 0.734. The average Bonchev–Trinajstić information content (AvgIpc) is 2.48. The Morgan fingerprint density at radius 2 is 2.00 bits per heavy atom. The summed E-state index contributed by atoms with van der Waals surface area (Å²) < 4.78 is 12.0. The van der Waals surface area contributed by atoms with Gasteiger partial charge in [0, 0.05) is 19.2 Å². The zero-order valence-corrected chi connectivity index (χ0v) is 13.1. The van der Waals surface area contributed by atoms with Gasteiger partial charge < -0.3 is 14.0 Å². The molecule has 1 heterocycles. The number of nitrogens with zero attached hydrogens (tertiary/aromatic N) is 1. The molecule has 0 N–H and O–H groups in total. The fourth-order valence-corrected chi connectivity index (χ4v) is 2.41. The van der Waals surface area contributed by atoms with E-state index >= 15 is 0 Å². The van der Waals surface area contributed by atoms with Crippen LogP contribution in [0.2, 0.25) is 5.02 Å². The van der Waals surface area contributed by atoms with Crippen LogP contribution in [0.4, 0.5) is 0 Å². The molecular formula is C16H18ClNO3. The Morgan fingerprint density at radius 1 is 1.24 bits per heavy atom. The molecule has 0 fully saturated rings. The number of methoxy groups -OCH3 is 1. The lowest BCUT2D eigenvalue weighted by Crippen LogP contribution is -2.21. The van der Waals surface area contributed by atoms with E-state index < -0.39 is 0 Å². The third kappa shape index (κ3) is 3.28. The topological polar surface area (TPSA) is 40.5 Å². The van der Waals surface area contributed by atoms with E-state index in [2.05, 4.69) is 0 Å². The predicted molar refractivity (Wildman–Crippen MR) is 84.1 cm³/mol.